The Morgan fingerprint density at radius 2 is 1.39 bits per heavy atom. The third-order valence-corrected chi connectivity index (χ3v) is 3.62. The highest BCUT2D eigenvalue weighted by molar-refractivity contribution is 5.73. The second kappa shape index (κ2) is 5.72. The average molecular weight is 314 g/mol. The molecule has 0 spiro atoms. The molecule has 4 rings (SSSR count). The van der Waals surface area contributed by atoms with Crippen LogP contribution < -0.4 is 18.9 Å². The predicted molar refractivity (Wildman–Crippen MR) is 78.6 cm³/mol. The molecule has 0 aliphatic carbocycles. The number of carbonyl (C=O) groups excluding carboxylic acids is 1. The van der Waals surface area contributed by atoms with Crippen molar-refractivity contribution in [3.05, 3.63) is 47.5 Å². The van der Waals surface area contributed by atoms with Gasteiger partial charge in [-0.2, -0.15) is 0 Å². The summed E-state index contributed by atoms with van der Waals surface area (Å²) in [6, 6.07) is 10.9. The van der Waals surface area contributed by atoms with Crippen LogP contribution in [-0.2, 0) is 22.6 Å². The molecule has 2 aromatic carbocycles. The zero-order chi connectivity index (χ0) is 15.6. The zero-order valence-electron chi connectivity index (χ0n) is 12.2. The van der Waals surface area contributed by atoms with Gasteiger partial charge in [0, 0.05) is 0 Å². The highest BCUT2D eigenvalue weighted by Gasteiger charge is 2.16. The van der Waals surface area contributed by atoms with Crippen LogP contribution >= 0.6 is 0 Å². The minimum absolute atomic E-state index is 0.182. The van der Waals surface area contributed by atoms with Gasteiger partial charge < -0.3 is 23.7 Å². The van der Waals surface area contributed by atoms with E-state index in [4.69, 9.17) is 23.7 Å². The molecule has 2 aliphatic heterocycles. The van der Waals surface area contributed by atoms with Crippen molar-refractivity contribution in [2.75, 3.05) is 13.6 Å². The number of hydrogen-bond donors (Lipinski definition) is 0. The topological polar surface area (TPSA) is 63.2 Å². The lowest BCUT2D eigenvalue weighted by Crippen LogP contribution is -2.08. The van der Waals surface area contributed by atoms with E-state index in [2.05, 4.69) is 0 Å². The quantitative estimate of drug-likeness (QED) is 0.808. The molecule has 23 heavy (non-hydrogen) atoms. The van der Waals surface area contributed by atoms with Crippen molar-refractivity contribution in [2.24, 2.45) is 0 Å². The summed E-state index contributed by atoms with van der Waals surface area (Å²) >= 11 is 0. The molecule has 118 valence electrons. The van der Waals surface area contributed by atoms with E-state index in [1.165, 1.54) is 0 Å². The number of hydrogen-bond acceptors (Lipinski definition) is 6. The molecule has 0 radical (unpaired) electrons. The smallest absolute Gasteiger partial charge is 0.310 e. The number of rotatable bonds is 4. The van der Waals surface area contributed by atoms with Crippen LogP contribution in [-0.4, -0.2) is 19.6 Å². The molecule has 2 aromatic rings. The lowest BCUT2D eigenvalue weighted by molar-refractivity contribution is -0.144. The van der Waals surface area contributed by atoms with E-state index in [-0.39, 0.29) is 32.6 Å². The summed E-state index contributed by atoms with van der Waals surface area (Å²) in [5, 5.41) is 0. The summed E-state index contributed by atoms with van der Waals surface area (Å²) in [7, 11) is 0. The van der Waals surface area contributed by atoms with E-state index in [1.54, 1.807) is 12.1 Å². The molecule has 0 amide bonds. The Morgan fingerprint density at radius 3 is 2.09 bits per heavy atom. The highest BCUT2D eigenvalue weighted by atomic mass is 16.7. The average Bonchev–Trinajstić information content (AvgIpc) is 3.20. The van der Waals surface area contributed by atoms with Crippen molar-refractivity contribution in [3.63, 3.8) is 0 Å². The van der Waals surface area contributed by atoms with Gasteiger partial charge >= 0.3 is 5.97 Å². The lowest BCUT2D eigenvalue weighted by Gasteiger charge is -2.06. The van der Waals surface area contributed by atoms with Crippen molar-refractivity contribution in [1.82, 2.24) is 0 Å². The summed E-state index contributed by atoms with van der Waals surface area (Å²) < 4.78 is 26.4. The van der Waals surface area contributed by atoms with Crippen LogP contribution in [0.2, 0.25) is 0 Å². The maximum Gasteiger partial charge on any atom is 0.310 e. The summed E-state index contributed by atoms with van der Waals surface area (Å²) in [4.78, 5) is 12.0. The normalized spacial score (nSPS) is 13.9. The maximum atomic E-state index is 12.0. The lowest BCUT2D eigenvalue weighted by atomic mass is 10.1. The standard InChI is InChI=1S/C17H14O6/c18-17(7-11-1-3-13-15(5-11)22-9-20-13)19-8-12-2-4-14-16(6-12)23-10-21-14/h1-6H,7-10H2. The SMILES string of the molecule is O=C(Cc1ccc2c(c1)OCO2)OCc1ccc2c(c1)OCO2. The Hall–Kier alpha value is -2.89. The molecular weight excluding hydrogens is 300 g/mol. The molecule has 0 bridgehead atoms. The minimum Gasteiger partial charge on any atom is -0.461 e. The molecule has 6 nitrogen and oxygen atoms in total. The van der Waals surface area contributed by atoms with E-state index in [0.717, 1.165) is 11.1 Å². The minimum atomic E-state index is -0.304. The van der Waals surface area contributed by atoms with Gasteiger partial charge in [0.2, 0.25) is 13.6 Å². The monoisotopic (exact) mass is 314 g/mol. The van der Waals surface area contributed by atoms with Gasteiger partial charge in [-0.1, -0.05) is 12.1 Å². The molecule has 0 fully saturated rings. The van der Waals surface area contributed by atoms with Crippen molar-refractivity contribution in [1.29, 1.82) is 0 Å². The van der Waals surface area contributed by atoms with Crippen molar-refractivity contribution in [3.8, 4) is 23.0 Å². The van der Waals surface area contributed by atoms with Gasteiger partial charge in [-0.05, 0) is 35.4 Å². The Bertz CT molecular complexity index is 755. The van der Waals surface area contributed by atoms with Crippen molar-refractivity contribution >= 4 is 5.97 Å². The fourth-order valence-corrected chi connectivity index (χ4v) is 2.46. The second-order valence-corrected chi connectivity index (χ2v) is 5.21. The first-order chi connectivity index (χ1) is 11.3. The van der Waals surface area contributed by atoms with Gasteiger partial charge in [-0.15, -0.1) is 0 Å². The third-order valence-electron chi connectivity index (χ3n) is 3.62. The molecule has 0 unspecified atom stereocenters. The van der Waals surface area contributed by atoms with Crippen LogP contribution in [0.3, 0.4) is 0 Å². The van der Waals surface area contributed by atoms with Crippen LogP contribution in [0.1, 0.15) is 11.1 Å². The molecule has 0 saturated heterocycles. The summed E-state index contributed by atoms with van der Waals surface area (Å²) in [6.07, 6.45) is 0.182. The predicted octanol–water partition coefficient (Wildman–Crippen LogP) is 2.43. The molecule has 0 aromatic heterocycles. The van der Waals surface area contributed by atoms with Gasteiger partial charge in [0.05, 0.1) is 6.42 Å². The van der Waals surface area contributed by atoms with Crippen LogP contribution in [0.15, 0.2) is 36.4 Å². The van der Waals surface area contributed by atoms with Crippen molar-refractivity contribution in [2.45, 2.75) is 13.0 Å². The van der Waals surface area contributed by atoms with Gasteiger partial charge in [0.1, 0.15) is 6.61 Å². The number of fused-ring (bicyclic) bond motifs is 2. The Labute approximate surface area is 132 Å². The van der Waals surface area contributed by atoms with Crippen LogP contribution in [0.4, 0.5) is 0 Å². The van der Waals surface area contributed by atoms with Crippen molar-refractivity contribution < 1.29 is 28.5 Å². The highest BCUT2D eigenvalue weighted by Crippen LogP contribution is 2.33. The summed E-state index contributed by atoms with van der Waals surface area (Å²) in [5.41, 5.74) is 1.68. The molecule has 2 heterocycles. The Kier molecular flexibility index (Phi) is 3.42. The number of benzene rings is 2. The molecule has 6 heteroatoms. The largest absolute Gasteiger partial charge is 0.461 e. The van der Waals surface area contributed by atoms with Gasteiger partial charge in [-0.3, -0.25) is 4.79 Å². The Balaban J connectivity index is 1.35. The van der Waals surface area contributed by atoms with E-state index >= 15 is 0 Å². The molecule has 0 N–H and O–H groups in total. The maximum absolute atomic E-state index is 12.0. The first-order valence-electron chi connectivity index (χ1n) is 7.20. The van der Waals surface area contributed by atoms with E-state index in [1.807, 2.05) is 24.3 Å². The summed E-state index contributed by atoms with van der Waals surface area (Å²) in [6.45, 7) is 0.635. The van der Waals surface area contributed by atoms with Gasteiger partial charge in [0.15, 0.2) is 23.0 Å². The van der Waals surface area contributed by atoms with E-state index in [0.29, 0.717) is 23.0 Å². The molecule has 0 atom stereocenters. The summed E-state index contributed by atoms with van der Waals surface area (Å²) in [5.74, 6) is 2.44. The van der Waals surface area contributed by atoms with Crippen LogP contribution in [0.25, 0.3) is 0 Å². The fraction of sp³-hybridized carbons (Fsp3) is 0.235. The number of ether oxygens (including phenoxy) is 5. The molecule has 2 aliphatic rings. The van der Waals surface area contributed by atoms with Crippen LogP contribution in [0.5, 0.6) is 23.0 Å². The fourth-order valence-electron chi connectivity index (χ4n) is 2.46. The van der Waals surface area contributed by atoms with E-state index in [9.17, 15) is 4.79 Å². The molecule has 0 saturated carbocycles. The second-order valence-electron chi connectivity index (χ2n) is 5.21. The third kappa shape index (κ3) is 2.88. The number of carbonyl (C=O) groups is 1. The van der Waals surface area contributed by atoms with Gasteiger partial charge in [-0.25, -0.2) is 0 Å². The first kappa shape index (κ1) is 13.8. The zero-order valence-corrected chi connectivity index (χ0v) is 12.2. The van der Waals surface area contributed by atoms with E-state index < -0.39 is 0 Å². The number of esters is 1. The first-order valence-corrected chi connectivity index (χ1v) is 7.20. The van der Waals surface area contributed by atoms with Gasteiger partial charge in [0.25, 0.3) is 0 Å². The molecular formula is C17H14O6. The Morgan fingerprint density at radius 1 is 0.826 bits per heavy atom. The van der Waals surface area contributed by atoms with Crippen LogP contribution in [0, 0.1) is 0 Å².